The molecular weight excluding hydrogens is 622 g/mol. The Balaban J connectivity index is 1.78. The van der Waals surface area contributed by atoms with E-state index in [0.717, 1.165) is 9.87 Å². The number of nitrogens with zero attached hydrogens (tertiary/aromatic N) is 2. The van der Waals surface area contributed by atoms with Gasteiger partial charge in [-0.1, -0.05) is 79.2 Å². The van der Waals surface area contributed by atoms with E-state index in [1.165, 1.54) is 17.0 Å². The summed E-state index contributed by atoms with van der Waals surface area (Å²) in [6.07, 6.45) is 0.931. The highest BCUT2D eigenvalue weighted by molar-refractivity contribution is 7.92. The summed E-state index contributed by atoms with van der Waals surface area (Å²) < 4.78 is 34.9. The third kappa shape index (κ3) is 9.11. The van der Waals surface area contributed by atoms with E-state index in [9.17, 15) is 18.0 Å². The number of para-hydroxylation sites is 1. The van der Waals surface area contributed by atoms with Crippen LogP contribution in [0.1, 0.15) is 38.3 Å². The summed E-state index contributed by atoms with van der Waals surface area (Å²) in [4.78, 5) is 29.9. The molecule has 0 aliphatic carbocycles. The molecule has 10 heteroatoms. The van der Waals surface area contributed by atoms with Crippen LogP contribution in [0.25, 0.3) is 0 Å². The van der Waals surface area contributed by atoms with Crippen LogP contribution in [0.15, 0.2) is 114 Å². The second-order valence-electron chi connectivity index (χ2n) is 10.9. The fourth-order valence-electron chi connectivity index (χ4n) is 4.95. The van der Waals surface area contributed by atoms with Crippen molar-refractivity contribution in [1.29, 1.82) is 0 Å². The first kappa shape index (κ1) is 34.5. The minimum absolute atomic E-state index is 0.00402. The number of hydrogen-bond donors (Lipinski definition) is 1. The standard InChI is InChI=1S/C36H40ClN3O5S/c1-4-27(3)38-36(42)34(24-28-13-8-6-9-14-28)39(25-29-15-12-16-30(37)23-29)35(41)26-40(31-17-10-7-11-18-31)46(43,44)33-21-19-32(20-22-33)45-5-2/h6-23,27,34H,4-5,24-26H2,1-3H3,(H,38,42)/t27-,34-/m0/s1. The molecule has 0 unspecified atom stereocenters. The Labute approximate surface area is 277 Å². The highest BCUT2D eigenvalue weighted by atomic mass is 35.5. The Hall–Kier alpha value is -4.34. The molecule has 0 radical (unpaired) electrons. The van der Waals surface area contributed by atoms with Gasteiger partial charge < -0.3 is 15.0 Å². The number of carbonyl (C=O) groups excluding carboxylic acids is 2. The molecule has 4 aromatic carbocycles. The van der Waals surface area contributed by atoms with Crippen LogP contribution in [-0.2, 0) is 32.6 Å². The summed E-state index contributed by atoms with van der Waals surface area (Å²) in [5, 5.41) is 3.52. The summed E-state index contributed by atoms with van der Waals surface area (Å²) in [5.74, 6) is -0.333. The zero-order valence-corrected chi connectivity index (χ0v) is 27.9. The van der Waals surface area contributed by atoms with Gasteiger partial charge in [0.25, 0.3) is 10.0 Å². The van der Waals surface area contributed by atoms with E-state index < -0.39 is 28.5 Å². The van der Waals surface area contributed by atoms with Gasteiger partial charge in [0.05, 0.1) is 17.2 Å². The smallest absolute Gasteiger partial charge is 0.264 e. The van der Waals surface area contributed by atoms with Gasteiger partial charge in [0, 0.05) is 24.0 Å². The average molecular weight is 662 g/mol. The first-order valence-corrected chi connectivity index (χ1v) is 17.1. The number of ether oxygens (including phenoxy) is 1. The Bertz CT molecular complexity index is 1690. The van der Waals surface area contributed by atoms with Crippen LogP contribution < -0.4 is 14.4 Å². The van der Waals surface area contributed by atoms with Gasteiger partial charge in [-0.3, -0.25) is 13.9 Å². The van der Waals surface area contributed by atoms with E-state index in [1.807, 2.05) is 57.2 Å². The quantitative estimate of drug-likeness (QED) is 0.157. The van der Waals surface area contributed by atoms with Gasteiger partial charge >= 0.3 is 0 Å². The number of rotatable bonds is 15. The molecule has 46 heavy (non-hydrogen) atoms. The van der Waals surface area contributed by atoms with Crippen molar-refractivity contribution < 1.29 is 22.7 Å². The van der Waals surface area contributed by atoms with Crippen molar-refractivity contribution in [2.45, 2.75) is 57.1 Å². The highest BCUT2D eigenvalue weighted by Crippen LogP contribution is 2.26. The van der Waals surface area contributed by atoms with E-state index in [4.69, 9.17) is 16.3 Å². The molecule has 0 saturated carbocycles. The Morgan fingerprint density at radius 2 is 1.48 bits per heavy atom. The molecule has 0 heterocycles. The fourth-order valence-corrected chi connectivity index (χ4v) is 6.58. The maximum absolute atomic E-state index is 14.5. The molecule has 4 aromatic rings. The molecule has 8 nitrogen and oxygen atoms in total. The first-order valence-electron chi connectivity index (χ1n) is 15.3. The number of benzene rings is 4. The van der Waals surface area contributed by atoms with Gasteiger partial charge in [0.1, 0.15) is 18.3 Å². The predicted octanol–water partition coefficient (Wildman–Crippen LogP) is 6.49. The normalized spacial score (nSPS) is 12.5. The van der Waals surface area contributed by atoms with Crippen molar-refractivity contribution in [1.82, 2.24) is 10.2 Å². The van der Waals surface area contributed by atoms with Crippen molar-refractivity contribution in [2.24, 2.45) is 0 Å². The molecule has 0 fully saturated rings. The zero-order chi connectivity index (χ0) is 33.1. The minimum atomic E-state index is -4.21. The maximum Gasteiger partial charge on any atom is 0.264 e. The SMILES string of the molecule is CCOc1ccc(S(=O)(=O)N(CC(=O)N(Cc2cccc(Cl)c2)[C@@H](Cc2ccccc2)C(=O)N[C@@H](C)CC)c2ccccc2)cc1. The summed E-state index contributed by atoms with van der Waals surface area (Å²) in [5.41, 5.74) is 1.88. The van der Waals surface area contributed by atoms with Crippen molar-refractivity contribution >= 4 is 39.1 Å². The lowest BCUT2D eigenvalue weighted by Gasteiger charge is -2.34. The van der Waals surface area contributed by atoms with E-state index in [0.29, 0.717) is 35.1 Å². The number of anilines is 1. The molecule has 0 aliphatic heterocycles. The van der Waals surface area contributed by atoms with Crippen molar-refractivity contribution in [3.05, 3.63) is 125 Å². The summed E-state index contributed by atoms with van der Waals surface area (Å²) >= 11 is 6.31. The van der Waals surface area contributed by atoms with Gasteiger partial charge in [0.2, 0.25) is 11.8 Å². The molecule has 1 N–H and O–H groups in total. The third-order valence-corrected chi connectivity index (χ3v) is 9.58. The average Bonchev–Trinajstić information content (AvgIpc) is 3.06. The molecule has 0 bridgehead atoms. The van der Waals surface area contributed by atoms with E-state index in [1.54, 1.807) is 60.7 Å². The largest absolute Gasteiger partial charge is 0.494 e. The molecule has 4 rings (SSSR count). The number of halogens is 1. The Morgan fingerprint density at radius 3 is 2.09 bits per heavy atom. The summed E-state index contributed by atoms with van der Waals surface area (Å²) in [7, 11) is -4.21. The fraction of sp³-hybridized carbons (Fsp3) is 0.278. The first-order chi connectivity index (χ1) is 22.1. The predicted molar refractivity (Wildman–Crippen MR) is 182 cm³/mol. The molecule has 0 aromatic heterocycles. The van der Waals surface area contributed by atoms with E-state index in [-0.39, 0.29) is 29.8 Å². The second-order valence-corrected chi connectivity index (χ2v) is 13.2. The lowest BCUT2D eigenvalue weighted by Crippen LogP contribution is -2.54. The summed E-state index contributed by atoms with van der Waals surface area (Å²) in [6, 6.07) is 30.0. The molecule has 2 amide bonds. The number of amides is 2. The number of carbonyl (C=O) groups is 2. The van der Waals surface area contributed by atoms with Crippen molar-refractivity contribution in [3.63, 3.8) is 0 Å². The number of sulfonamides is 1. The molecule has 2 atom stereocenters. The molecule has 0 aliphatic rings. The minimum Gasteiger partial charge on any atom is -0.494 e. The van der Waals surface area contributed by atoms with Crippen LogP contribution in [0.4, 0.5) is 5.69 Å². The van der Waals surface area contributed by atoms with Crippen LogP contribution >= 0.6 is 11.6 Å². The maximum atomic E-state index is 14.5. The van der Waals surface area contributed by atoms with Crippen LogP contribution in [0.2, 0.25) is 5.02 Å². The second kappa shape index (κ2) is 16.3. The molecular formula is C36H40ClN3O5S. The number of nitrogens with one attached hydrogen (secondary N) is 1. The summed E-state index contributed by atoms with van der Waals surface area (Å²) in [6.45, 7) is 5.65. The van der Waals surface area contributed by atoms with Gasteiger partial charge in [-0.25, -0.2) is 8.42 Å². The lowest BCUT2D eigenvalue weighted by atomic mass is 10.0. The zero-order valence-electron chi connectivity index (χ0n) is 26.3. The monoisotopic (exact) mass is 661 g/mol. The lowest BCUT2D eigenvalue weighted by molar-refractivity contribution is -0.140. The van der Waals surface area contributed by atoms with Gasteiger partial charge in [-0.05, 0) is 79.9 Å². The topological polar surface area (TPSA) is 96.0 Å². The molecule has 242 valence electrons. The molecule has 0 spiro atoms. The Kier molecular flexibility index (Phi) is 12.2. The third-order valence-electron chi connectivity index (χ3n) is 7.56. The number of hydrogen-bond acceptors (Lipinski definition) is 5. The van der Waals surface area contributed by atoms with Crippen molar-refractivity contribution in [3.8, 4) is 5.75 Å². The Morgan fingerprint density at radius 1 is 0.848 bits per heavy atom. The van der Waals surface area contributed by atoms with Gasteiger partial charge in [-0.2, -0.15) is 0 Å². The van der Waals surface area contributed by atoms with Crippen LogP contribution in [-0.4, -0.2) is 50.4 Å². The molecule has 0 saturated heterocycles. The van der Waals surface area contributed by atoms with Crippen molar-refractivity contribution in [2.75, 3.05) is 17.5 Å². The van der Waals surface area contributed by atoms with Crippen LogP contribution in [0, 0.1) is 0 Å². The van der Waals surface area contributed by atoms with Crippen LogP contribution in [0.5, 0.6) is 5.75 Å². The van der Waals surface area contributed by atoms with Crippen LogP contribution in [0.3, 0.4) is 0 Å². The van der Waals surface area contributed by atoms with E-state index in [2.05, 4.69) is 5.32 Å². The van der Waals surface area contributed by atoms with E-state index >= 15 is 0 Å². The highest BCUT2D eigenvalue weighted by Gasteiger charge is 2.35. The van der Waals surface area contributed by atoms with Gasteiger partial charge in [-0.15, -0.1) is 0 Å². The van der Waals surface area contributed by atoms with Gasteiger partial charge in [0.15, 0.2) is 0 Å².